The number of ether oxygens (including phenoxy) is 1. The third-order valence-corrected chi connectivity index (χ3v) is 5.34. The number of carbonyl (C=O) groups is 2. The predicted molar refractivity (Wildman–Crippen MR) is 107 cm³/mol. The number of aliphatic carboxylic acids is 1. The lowest BCUT2D eigenvalue weighted by atomic mass is 9.88. The molecule has 2 heterocycles. The van der Waals surface area contributed by atoms with E-state index in [1.54, 1.807) is 42.6 Å². The van der Waals surface area contributed by atoms with Gasteiger partial charge in [0.15, 0.2) is 0 Å². The standard InChI is InChI=1S/C22H21N3O4/c1-29-19-8-3-2-7-16(19)17-12-25(13-18(17)22(27)28)21(26)15-6-4-5-14(11-15)20-23-9-10-24-20/h2-11,17-18H,12-13H2,1H3,(H,23,24)(H,27,28). The zero-order chi connectivity index (χ0) is 20.4. The van der Waals surface area contributed by atoms with Crippen molar-refractivity contribution in [2.75, 3.05) is 20.2 Å². The van der Waals surface area contributed by atoms with Gasteiger partial charge in [0.1, 0.15) is 11.6 Å². The topological polar surface area (TPSA) is 95.5 Å². The Morgan fingerprint density at radius 3 is 2.72 bits per heavy atom. The van der Waals surface area contributed by atoms with Crippen molar-refractivity contribution >= 4 is 11.9 Å². The first-order chi connectivity index (χ1) is 14.1. The normalized spacial score (nSPS) is 18.6. The average molecular weight is 391 g/mol. The Labute approximate surface area is 168 Å². The number of amides is 1. The molecule has 0 bridgehead atoms. The van der Waals surface area contributed by atoms with Gasteiger partial charge in [0.25, 0.3) is 5.91 Å². The summed E-state index contributed by atoms with van der Waals surface area (Å²) in [6, 6.07) is 14.6. The van der Waals surface area contributed by atoms with Crippen LogP contribution in [0.5, 0.6) is 5.75 Å². The van der Waals surface area contributed by atoms with Crippen LogP contribution in [0.25, 0.3) is 11.4 Å². The molecule has 0 spiro atoms. The highest BCUT2D eigenvalue weighted by molar-refractivity contribution is 5.96. The molecule has 1 saturated heterocycles. The molecule has 0 radical (unpaired) electrons. The summed E-state index contributed by atoms with van der Waals surface area (Å²) in [5.74, 6) is -0.818. The van der Waals surface area contributed by atoms with Crippen LogP contribution in [0.15, 0.2) is 60.9 Å². The van der Waals surface area contributed by atoms with Crippen LogP contribution in [-0.2, 0) is 4.79 Å². The monoisotopic (exact) mass is 391 g/mol. The fourth-order valence-electron chi connectivity index (χ4n) is 3.91. The smallest absolute Gasteiger partial charge is 0.308 e. The summed E-state index contributed by atoms with van der Waals surface area (Å²) < 4.78 is 5.42. The minimum atomic E-state index is -0.916. The molecule has 0 saturated carbocycles. The molecule has 7 heteroatoms. The zero-order valence-electron chi connectivity index (χ0n) is 15.9. The molecule has 2 aromatic carbocycles. The average Bonchev–Trinajstić information content (AvgIpc) is 3.43. The van der Waals surface area contributed by atoms with Crippen molar-refractivity contribution in [3.8, 4) is 17.1 Å². The van der Waals surface area contributed by atoms with Crippen LogP contribution in [0.1, 0.15) is 21.8 Å². The van der Waals surface area contributed by atoms with Gasteiger partial charge in [-0.15, -0.1) is 0 Å². The Balaban J connectivity index is 1.62. The molecular weight excluding hydrogens is 370 g/mol. The van der Waals surface area contributed by atoms with E-state index in [1.165, 1.54) is 0 Å². The number of hydrogen-bond donors (Lipinski definition) is 2. The highest BCUT2D eigenvalue weighted by atomic mass is 16.5. The molecule has 1 aliphatic rings. The highest BCUT2D eigenvalue weighted by Crippen LogP contribution is 2.38. The maximum Gasteiger partial charge on any atom is 0.308 e. The van der Waals surface area contributed by atoms with Crippen molar-refractivity contribution in [1.29, 1.82) is 0 Å². The van der Waals surface area contributed by atoms with E-state index in [4.69, 9.17) is 4.74 Å². The van der Waals surface area contributed by atoms with Crippen LogP contribution >= 0.6 is 0 Å². The number of imidazole rings is 1. The second kappa shape index (κ2) is 7.79. The van der Waals surface area contributed by atoms with E-state index in [0.717, 1.165) is 11.1 Å². The molecule has 1 fully saturated rings. The molecule has 1 aromatic heterocycles. The van der Waals surface area contributed by atoms with Crippen LogP contribution < -0.4 is 4.74 Å². The van der Waals surface area contributed by atoms with E-state index >= 15 is 0 Å². The van der Waals surface area contributed by atoms with Gasteiger partial charge < -0.3 is 19.7 Å². The van der Waals surface area contributed by atoms with Gasteiger partial charge >= 0.3 is 5.97 Å². The summed E-state index contributed by atoms with van der Waals surface area (Å²) in [6.07, 6.45) is 3.37. The molecule has 29 heavy (non-hydrogen) atoms. The minimum Gasteiger partial charge on any atom is -0.496 e. The van der Waals surface area contributed by atoms with Crippen molar-refractivity contribution in [1.82, 2.24) is 14.9 Å². The number of benzene rings is 2. The lowest BCUT2D eigenvalue weighted by molar-refractivity contribution is -0.141. The second-order valence-corrected chi connectivity index (χ2v) is 7.02. The number of H-pyrrole nitrogens is 1. The van der Waals surface area contributed by atoms with E-state index in [9.17, 15) is 14.7 Å². The van der Waals surface area contributed by atoms with Crippen LogP contribution in [0.4, 0.5) is 0 Å². The number of aromatic amines is 1. The van der Waals surface area contributed by atoms with Crippen molar-refractivity contribution in [2.45, 2.75) is 5.92 Å². The number of methoxy groups -OCH3 is 1. The molecule has 0 aliphatic carbocycles. The highest BCUT2D eigenvalue weighted by Gasteiger charge is 2.41. The number of hydrogen-bond acceptors (Lipinski definition) is 4. The Kier molecular flexibility index (Phi) is 5.03. The van der Waals surface area contributed by atoms with E-state index in [0.29, 0.717) is 23.7 Å². The quantitative estimate of drug-likeness (QED) is 0.697. The summed E-state index contributed by atoms with van der Waals surface area (Å²) in [5, 5.41) is 9.76. The lowest BCUT2D eigenvalue weighted by Gasteiger charge is -2.18. The molecule has 148 valence electrons. The first-order valence-corrected chi connectivity index (χ1v) is 9.33. The molecular formula is C22H21N3O4. The number of nitrogens with zero attached hydrogens (tertiary/aromatic N) is 2. The number of carboxylic acid groups (broad SMARTS) is 1. The molecule has 2 atom stereocenters. The molecule has 2 unspecified atom stereocenters. The van der Waals surface area contributed by atoms with Gasteiger partial charge in [0, 0.05) is 42.5 Å². The van der Waals surface area contributed by atoms with Gasteiger partial charge in [0.05, 0.1) is 13.0 Å². The fourth-order valence-corrected chi connectivity index (χ4v) is 3.91. The number of carboxylic acids is 1. The summed E-state index contributed by atoms with van der Waals surface area (Å²) in [4.78, 5) is 33.9. The Morgan fingerprint density at radius 1 is 1.17 bits per heavy atom. The summed E-state index contributed by atoms with van der Waals surface area (Å²) in [6.45, 7) is 0.475. The van der Waals surface area contributed by atoms with Crippen LogP contribution in [0, 0.1) is 5.92 Å². The summed E-state index contributed by atoms with van der Waals surface area (Å²) in [7, 11) is 1.56. The maximum absolute atomic E-state index is 13.1. The van der Waals surface area contributed by atoms with Crippen LogP contribution in [0.2, 0.25) is 0 Å². The maximum atomic E-state index is 13.1. The van der Waals surface area contributed by atoms with Gasteiger partial charge in [-0.05, 0) is 23.8 Å². The van der Waals surface area contributed by atoms with E-state index in [-0.39, 0.29) is 18.4 Å². The Bertz CT molecular complexity index is 1030. The molecule has 4 rings (SSSR count). The van der Waals surface area contributed by atoms with E-state index in [1.807, 2.05) is 30.3 Å². The van der Waals surface area contributed by atoms with E-state index in [2.05, 4.69) is 9.97 Å². The fraction of sp³-hybridized carbons (Fsp3) is 0.227. The van der Waals surface area contributed by atoms with Crippen molar-refractivity contribution in [2.24, 2.45) is 5.92 Å². The number of para-hydroxylation sites is 1. The summed E-state index contributed by atoms with van der Waals surface area (Å²) >= 11 is 0. The van der Waals surface area contributed by atoms with Gasteiger partial charge in [-0.2, -0.15) is 0 Å². The van der Waals surface area contributed by atoms with Crippen LogP contribution in [0.3, 0.4) is 0 Å². The number of aromatic nitrogens is 2. The largest absolute Gasteiger partial charge is 0.496 e. The number of nitrogens with one attached hydrogen (secondary N) is 1. The van der Waals surface area contributed by atoms with E-state index < -0.39 is 11.9 Å². The number of likely N-dealkylation sites (tertiary alicyclic amines) is 1. The predicted octanol–water partition coefficient (Wildman–Crippen LogP) is 3.03. The SMILES string of the molecule is COc1ccccc1C1CN(C(=O)c2cccc(-c3ncc[nH]3)c2)CC1C(=O)O. The minimum absolute atomic E-state index is 0.155. The second-order valence-electron chi connectivity index (χ2n) is 7.02. The number of carbonyl (C=O) groups excluding carboxylic acids is 1. The van der Waals surface area contributed by atoms with Crippen molar-refractivity contribution in [3.63, 3.8) is 0 Å². The van der Waals surface area contributed by atoms with Crippen molar-refractivity contribution < 1.29 is 19.4 Å². The third kappa shape index (κ3) is 3.59. The first kappa shape index (κ1) is 18.7. The Morgan fingerprint density at radius 2 is 2.00 bits per heavy atom. The lowest BCUT2D eigenvalue weighted by Crippen LogP contribution is -2.29. The van der Waals surface area contributed by atoms with Crippen LogP contribution in [-0.4, -0.2) is 52.1 Å². The summed E-state index contributed by atoms with van der Waals surface area (Å²) in [5.41, 5.74) is 2.11. The number of rotatable bonds is 5. The molecule has 1 aliphatic heterocycles. The zero-order valence-corrected chi connectivity index (χ0v) is 15.9. The third-order valence-electron chi connectivity index (χ3n) is 5.34. The molecule has 7 nitrogen and oxygen atoms in total. The molecule has 1 amide bonds. The van der Waals surface area contributed by atoms with Crippen molar-refractivity contribution in [3.05, 3.63) is 72.1 Å². The Hall–Kier alpha value is -3.61. The molecule has 3 aromatic rings. The van der Waals surface area contributed by atoms with Gasteiger partial charge in [-0.1, -0.05) is 30.3 Å². The van der Waals surface area contributed by atoms with Gasteiger partial charge in [0.2, 0.25) is 0 Å². The molecule has 2 N–H and O–H groups in total. The van der Waals surface area contributed by atoms with Gasteiger partial charge in [-0.3, -0.25) is 9.59 Å². The first-order valence-electron chi connectivity index (χ1n) is 9.33. The van der Waals surface area contributed by atoms with Gasteiger partial charge in [-0.25, -0.2) is 4.98 Å².